The smallest absolute Gasteiger partial charge is 0.129 e. The molecule has 4 heteroatoms. The molecule has 0 atom stereocenters. The molecule has 0 saturated heterocycles. The zero-order valence-electron chi connectivity index (χ0n) is 7.46. The third-order valence-corrected chi connectivity index (χ3v) is 0.896. The van der Waals surface area contributed by atoms with E-state index in [0.717, 1.165) is 0 Å². The molecule has 0 aliphatic rings. The Labute approximate surface area is 72.7 Å². The van der Waals surface area contributed by atoms with Crippen molar-refractivity contribution in [1.29, 1.82) is 0 Å². The molecule has 0 rings (SSSR count). The molecule has 0 radical (unpaired) electrons. The fraction of sp³-hybridized carbons (Fsp3) is 0.625. The average Bonchev–Trinajstić information content (AvgIpc) is 2.06. The van der Waals surface area contributed by atoms with Crippen LogP contribution in [0, 0.1) is 11.8 Å². The Morgan fingerprint density at radius 2 is 2.33 bits per heavy atom. The Morgan fingerprint density at radius 1 is 1.58 bits per heavy atom. The predicted octanol–water partition coefficient (Wildman–Crippen LogP) is -0.0126. The molecular weight excluding hydrogens is 156 g/mol. The van der Waals surface area contributed by atoms with Crippen LogP contribution in [0.2, 0.25) is 0 Å². The first-order chi connectivity index (χ1) is 5.81. The largest absolute Gasteiger partial charge is 0.394 e. The van der Waals surface area contributed by atoms with E-state index in [1.54, 1.807) is 14.0 Å². The molecule has 0 aliphatic carbocycles. The molecule has 2 N–H and O–H groups in total. The van der Waals surface area contributed by atoms with Gasteiger partial charge in [-0.15, -0.1) is 0 Å². The van der Waals surface area contributed by atoms with E-state index in [9.17, 15) is 0 Å². The summed E-state index contributed by atoms with van der Waals surface area (Å²) in [7, 11) is 1.59. The molecule has 0 aromatic rings. The fourth-order valence-electron chi connectivity index (χ4n) is 0.454. The summed E-state index contributed by atoms with van der Waals surface area (Å²) in [6.07, 6.45) is 0. The van der Waals surface area contributed by atoms with Gasteiger partial charge in [-0.1, -0.05) is 11.1 Å². The minimum absolute atomic E-state index is 0.406. The standard InChI is InChI=1S/C8H14N2O2/c1-8(4-3-6-11-2)10-12-7-5-9/h5-7,9H2,1-2H3/b10-8-. The van der Waals surface area contributed by atoms with Gasteiger partial charge in [0.05, 0.1) is 0 Å². The van der Waals surface area contributed by atoms with Gasteiger partial charge >= 0.3 is 0 Å². The van der Waals surface area contributed by atoms with Gasteiger partial charge in [0.25, 0.3) is 0 Å². The summed E-state index contributed by atoms with van der Waals surface area (Å²) in [5.74, 6) is 5.50. The molecule has 4 nitrogen and oxygen atoms in total. The van der Waals surface area contributed by atoms with Crippen molar-refractivity contribution in [3.63, 3.8) is 0 Å². The van der Waals surface area contributed by atoms with Crippen LogP contribution in [0.25, 0.3) is 0 Å². The molecule has 12 heavy (non-hydrogen) atoms. The minimum Gasteiger partial charge on any atom is -0.394 e. The molecule has 0 amide bonds. The van der Waals surface area contributed by atoms with Crippen molar-refractivity contribution in [2.75, 3.05) is 26.9 Å². The van der Waals surface area contributed by atoms with Crippen molar-refractivity contribution < 1.29 is 9.57 Å². The van der Waals surface area contributed by atoms with Crippen molar-refractivity contribution in [2.24, 2.45) is 10.9 Å². The number of hydrogen-bond acceptors (Lipinski definition) is 4. The van der Waals surface area contributed by atoms with Gasteiger partial charge < -0.3 is 15.3 Å². The number of hydrogen-bond donors (Lipinski definition) is 1. The number of rotatable bonds is 4. The van der Waals surface area contributed by atoms with Gasteiger partial charge in [-0.25, -0.2) is 0 Å². The van der Waals surface area contributed by atoms with Crippen molar-refractivity contribution in [3.8, 4) is 11.8 Å². The van der Waals surface area contributed by atoms with Crippen LogP contribution in [-0.4, -0.2) is 32.6 Å². The second-order valence-corrected chi connectivity index (χ2v) is 2.03. The zero-order valence-corrected chi connectivity index (χ0v) is 7.46. The summed E-state index contributed by atoms with van der Waals surface area (Å²) in [6, 6.07) is 0. The van der Waals surface area contributed by atoms with E-state index in [-0.39, 0.29) is 0 Å². The second-order valence-electron chi connectivity index (χ2n) is 2.03. The van der Waals surface area contributed by atoms with Gasteiger partial charge in [-0.2, -0.15) is 0 Å². The lowest BCUT2D eigenvalue weighted by Gasteiger charge is -1.93. The molecule has 0 aliphatic heterocycles. The third kappa shape index (κ3) is 7.06. The van der Waals surface area contributed by atoms with Crippen LogP contribution in [0.15, 0.2) is 5.16 Å². The van der Waals surface area contributed by atoms with E-state index in [1.165, 1.54) is 0 Å². The van der Waals surface area contributed by atoms with Gasteiger partial charge in [0.1, 0.15) is 18.9 Å². The van der Waals surface area contributed by atoms with Crippen molar-refractivity contribution in [3.05, 3.63) is 0 Å². The third-order valence-electron chi connectivity index (χ3n) is 0.896. The molecule has 0 aromatic carbocycles. The maximum atomic E-state index is 5.19. The number of methoxy groups -OCH3 is 1. The Hall–Kier alpha value is -1.05. The van der Waals surface area contributed by atoms with Crippen LogP contribution >= 0.6 is 0 Å². The normalized spacial score (nSPS) is 10.4. The lowest BCUT2D eigenvalue weighted by Crippen LogP contribution is -2.06. The topological polar surface area (TPSA) is 56.8 Å². The molecule has 0 heterocycles. The molecule has 0 bridgehead atoms. The number of nitrogens with two attached hydrogens (primary N) is 1. The Bertz CT molecular complexity index is 191. The SMILES string of the molecule is COCC#C/C(C)=N\OCCN. The first-order valence-corrected chi connectivity index (χ1v) is 3.65. The van der Waals surface area contributed by atoms with Gasteiger partial charge in [0.15, 0.2) is 0 Å². The van der Waals surface area contributed by atoms with E-state index in [1.807, 2.05) is 0 Å². The molecule has 0 aromatic heterocycles. The lowest BCUT2D eigenvalue weighted by atomic mass is 10.4. The first-order valence-electron chi connectivity index (χ1n) is 3.65. The maximum absolute atomic E-state index is 5.19. The highest BCUT2D eigenvalue weighted by Gasteiger charge is 1.83. The van der Waals surface area contributed by atoms with Gasteiger partial charge in [-0.3, -0.25) is 0 Å². The minimum atomic E-state index is 0.406. The number of ether oxygens (including phenoxy) is 1. The maximum Gasteiger partial charge on any atom is 0.129 e. The number of oxime groups is 1. The molecule has 68 valence electrons. The first kappa shape index (κ1) is 11.0. The van der Waals surface area contributed by atoms with Gasteiger partial charge in [0, 0.05) is 13.7 Å². The monoisotopic (exact) mass is 170 g/mol. The highest BCUT2D eigenvalue weighted by Crippen LogP contribution is 1.78. The highest BCUT2D eigenvalue weighted by atomic mass is 16.6. The Morgan fingerprint density at radius 3 is 2.92 bits per heavy atom. The van der Waals surface area contributed by atoms with E-state index in [0.29, 0.717) is 25.5 Å². The molecule has 0 unspecified atom stereocenters. The van der Waals surface area contributed by atoms with Crippen molar-refractivity contribution in [2.45, 2.75) is 6.92 Å². The Kier molecular flexibility index (Phi) is 7.35. The van der Waals surface area contributed by atoms with Crippen LogP contribution in [0.3, 0.4) is 0 Å². The molecule has 0 fully saturated rings. The van der Waals surface area contributed by atoms with Crippen LogP contribution in [-0.2, 0) is 9.57 Å². The van der Waals surface area contributed by atoms with E-state index < -0.39 is 0 Å². The molecular formula is C8H14N2O2. The van der Waals surface area contributed by atoms with Gasteiger partial charge in [-0.05, 0) is 12.8 Å². The average molecular weight is 170 g/mol. The summed E-state index contributed by atoms with van der Waals surface area (Å²) in [6.45, 7) is 3.05. The van der Waals surface area contributed by atoms with E-state index in [2.05, 4.69) is 17.0 Å². The van der Waals surface area contributed by atoms with Gasteiger partial charge in [0.2, 0.25) is 0 Å². The lowest BCUT2D eigenvalue weighted by molar-refractivity contribution is 0.152. The van der Waals surface area contributed by atoms with E-state index >= 15 is 0 Å². The summed E-state index contributed by atoms with van der Waals surface area (Å²) in [5, 5.41) is 3.69. The summed E-state index contributed by atoms with van der Waals surface area (Å²) in [4.78, 5) is 4.79. The van der Waals surface area contributed by atoms with Crippen molar-refractivity contribution >= 4 is 5.71 Å². The summed E-state index contributed by atoms with van der Waals surface area (Å²) < 4.78 is 4.73. The Balaban J connectivity index is 3.63. The van der Waals surface area contributed by atoms with Crippen LogP contribution < -0.4 is 5.73 Å². The predicted molar refractivity (Wildman–Crippen MR) is 47.8 cm³/mol. The van der Waals surface area contributed by atoms with E-state index in [4.69, 9.17) is 15.3 Å². The summed E-state index contributed by atoms with van der Waals surface area (Å²) >= 11 is 0. The zero-order chi connectivity index (χ0) is 9.23. The highest BCUT2D eigenvalue weighted by molar-refractivity contribution is 5.97. The fourth-order valence-corrected chi connectivity index (χ4v) is 0.454. The van der Waals surface area contributed by atoms with Crippen molar-refractivity contribution in [1.82, 2.24) is 0 Å². The van der Waals surface area contributed by atoms with Crippen LogP contribution in [0.5, 0.6) is 0 Å². The van der Waals surface area contributed by atoms with Crippen LogP contribution in [0.1, 0.15) is 6.92 Å². The summed E-state index contributed by atoms with van der Waals surface area (Å²) in [5.41, 5.74) is 5.81. The molecule has 0 spiro atoms. The second kappa shape index (κ2) is 8.05. The quantitative estimate of drug-likeness (QED) is 0.279. The number of nitrogens with zero attached hydrogens (tertiary/aromatic N) is 1. The molecule has 0 saturated carbocycles. The van der Waals surface area contributed by atoms with Crippen LogP contribution in [0.4, 0.5) is 0 Å².